The van der Waals surface area contributed by atoms with E-state index in [2.05, 4.69) is 4.98 Å². The molecule has 0 fully saturated rings. The monoisotopic (exact) mass is 421 g/mol. The number of carbonyl (C=O) groups is 2. The number of benzene rings is 2. The number of hydrogen-bond donors (Lipinski definition) is 2. The van der Waals surface area contributed by atoms with Crippen molar-refractivity contribution < 1.29 is 28.9 Å². The molecule has 4 rings (SSSR count). The van der Waals surface area contributed by atoms with Gasteiger partial charge in [0.25, 0.3) is 0 Å². The standard InChI is InChI=1S/C24H23NO6/c1-29-18-11-14-10-16(24(28)31-3)21(14)23(30-2)22(18)15-7-5-8-17-20(15)13(12-25-17)6-4-9-19(26)27/h5,7-8,10-12,25H,4,6,9H2,1-3H3,(H,26,27). The highest BCUT2D eigenvalue weighted by Crippen LogP contribution is 2.51. The van der Waals surface area contributed by atoms with Gasteiger partial charge in [-0.2, -0.15) is 0 Å². The molecule has 2 aromatic carbocycles. The van der Waals surface area contributed by atoms with Crippen molar-refractivity contribution in [1.29, 1.82) is 0 Å². The Morgan fingerprint density at radius 3 is 2.58 bits per heavy atom. The Labute approximate surface area is 179 Å². The summed E-state index contributed by atoms with van der Waals surface area (Å²) in [5, 5.41) is 9.97. The number of carboxylic acids is 1. The molecule has 0 saturated heterocycles. The van der Waals surface area contributed by atoms with E-state index in [1.54, 1.807) is 20.3 Å². The molecular formula is C24H23NO6. The molecule has 0 amide bonds. The number of aromatic amines is 1. The molecule has 1 heterocycles. The van der Waals surface area contributed by atoms with Gasteiger partial charge in [-0.25, -0.2) is 4.79 Å². The van der Waals surface area contributed by atoms with Crippen LogP contribution in [0.5, 0.6) is 11.5 Å². The number of ether oxygens (including phenoxy) is 3. The molecule has 7 heteroatoms. The molecular weight excluding hydrogens is 398 g/mol. The molecule has 1 aliphatic carbocycles. The number of aryl methyl sites for hydroxylation is 1. The molecule has 0 atom stereocenters. The molecule has 2 N–H and O–H groups in total. The van der Waals surface area contributed by atoms with Crippen molar-refractivity contribution in [3.8, 4) is 22.6 Å². The number of aliphatic carboxylic acids is 1. The molecule has 0 bridgehead atoms. The fraction of sp³-hybridized carbons (Fsp3) is 0.250. The average Bonchev–Trinajstić information content (AvgIpc) is 3.16. The first kappa shape index (κ1) is 20.5. The third-order valence-corrected chi connectivity index (χ3v) is 5.57. The minimum absolute atomic E-state index is 0.105. The Kier molecular flexibility index (Phi) is 5.42. The highest BCUT2D eigenvalue weighted by atomic mass is 16.5. The van der Waals surface area contributed by atoms with Crippen LogP contribution < -0.4 is 9.47 Å². The predicted octanol–water partition coefficient (Wildman–Crippen LogP) is 4.29. The van der Waals surface area contributed by atoms with E-state index in [9.17, 15) is 9.59 Å². The molecule has 0 radical (unpaired) electrons. The second-order valence-electron chi connectivity index (χ2n) is 7.29. The lowest BCUT2D eigenvalue weighted by Gasteiger charge is -2.25. The van der Waals surface area contributed by atoms with Crippen LogP contribution in [0.1, 0.15) is 29.5 Å². The van der Waals surface area contributed by atoms with E-state index < -0.39 is 11.9 Å². The Hall–Kier alpha value is -3.74. The molecule has 1 aliphatic rings. The Bertz CT molecular complexity index is 1220. The van der Waals surface area contributed by atoms with Crippen LogP contribution in [0.4, 0.5) is 0 Å². The van der Waals surface area contributed by atoms with Crippen molar-refractivity contribution in [2.45, 2.75) is 19.3 Å². The van der Waals surface area contributed by atoms with E-state index in [1.165, 1.54) is 7.11 Å². The van der Waals surface area contributed by atoms with Gasteiger partial charge in [0.1, 0.15) is 11.5 Å². The number of hydrogen-bond acceptors (Lipinski definition) is 5. The van der Waals surface area contributed by atoms with Crippen LogP contribution in [0.15, 0.2) is 30.5 Å². The third kappa shape index (κ3) is 3.42. The molecule has 7 nitrogen and oxygen atoms in total. The smallest absolute Gasteiger partial charge is 0.338 e. The van der Waals surface area contributed by atoms with E-state index in [0.29, 0.717) is 35.5 Å². The van der Waals surface area contributed by atoms with Crippen molar-refractivity contribution >= 4 is 34.5 Å². The van der Waals surface area contributed by atoms with Crippen molar-refractivity contribution in [3.63, 3.8) is 0 Å². The lowest BCUT2D eigenvalue weighted by Crippen LogP contribution is -2.13. The highest BCUT2D eigenvalue weighted by Gasteiger charge is 2.32. The van der Waals surface area contributed by atoms with E-state index in [1.807, 2.05) is 30.5 Å². The van der Waals surface area contributed by atoms with Crippen molar-refractivity contribution in [2.75, 3.05) is 21.3 Å². The third-order valence-electron chi connectivity index (χ3n) is 5.57. The van der Waals surface area contributed by atoms with E-state index in [0.717, 1.165) is 33.2 Å². The lowest BCUT2D eigenvalue weighted by atomic mass is 9.83. The second-order valence-corrected chi connectivity index (χ2v) is 7.29. The Morgan fingerprint density at radius 1 is 1.10 bits per heavy atom. The van der Waals surface area contributed by atoms with Gasteiger partial charge in [0, 0.05) is 29.1 Å². The Balaban J connectivity index is 1.91. The van der Waals surface area contributed by atoms with E-state index in [4.69, 9.17) is 19.3 Å². The number of H-pyrrole nitrogens is 1. The Morgan fingerprint density at radius 2 is 1.90 bits per heavy atom. The van der Waals surface area contributed by atoms with Gasteiger partial charge >= 0.3 is 11.9 Å². The first-order chi connectivity index (χ1) is 15.0. The molecule has 0 aliphatic heterocycles. The molecule has 0 unspecified atom stereocenters. The summed E-state index contributed by atoms with van der Waals surface area (Å²) >= 11 is 0. The zero-order valence-electron chi connectivity index (χ0n) is 17.6. The number of esters is 1. The van der Waals surface area contributed by atoms with Crippen molar-refractivity contribution in [2.24, 2.45) is 0 Å². The fourth-order valence-corrected chi connectivity index (χ4v) is 4.18. The zero-order valence-corrected chi connectivity index (χ0v) is 17.6. The number of rotatable bonds is 8. The molecule has 0 spiro atoms. The fourth-order valence-electron chi connectivity index (χ4n) is 4.18. The summed E-state index contributed by atoms with van der Waals surface area (Å²) in [6.45, 7) is 0. The van der Waals surface area contributed by atoms with Crippen molar-refractivity contribution in [1.82, 2.24) is 4.98 Å². The highest BCUT2D eigenvalue weighted by molar-refractivity contribution is 6.29. The maximum atomic E-state index is 12.2. The van der Waals surface area contributed by atoms with Gasteiger partial charge in [-0.1, -0.05) is 12.1 Å². The summed E-state index contributed by atoms with van der Waals surface area (Å²) in [5.74, 6) is -0.0626. The summed E-state index contributed by atoms with van der Waals surface area (Å²) in [7, 11) is 4.51. The lowest BCUT2D eigenvalue weighted by molar-refractivity contribution is -0.137. The van der Waals surface area contributed by atoms with Crippen LogP contribution in [0.3, 0.4) is 0 Å². The number of methoxy groups -OCH3 is 3. The molecule has 0 saturated carbocycles. The van der Waals surface area contributed by atoms with E-state index >= 15 is 0 Å². The van der Waals surface area contributed by atoms with Crippen LogP contribution in [0, 0.1) is 0 Å². The maximum Gasteiger partial charge on any atom is 0.338 e. The van der Waals surface area contributed by atoms with Gasteiger partial charge in [-0.05, 0) is 47.7 Å². The first-order valence-electron chi connectivity index (χ1n) is 9.90. The van der Waals surface area contributed by atoms with Gasteiger partial charge < -0.3 is 24.3 Å². The molecule has 160 valence electrons. The topological polar surface area (TPSA) is 97.9 Å². The summed E-state index contributed by atoms with van der Waals surface area (Å²) in [4.78, 5) is 26.4. The van der Waals surface area contributed by atoms with Crippen LogP contribution in [-0.2, 0) is 20.7 Å². The quantitative estimate of drug-likeness (QED) is 0.527. The van der Waals surface area contributed by atoms with E-state index in [-0.39, 0.29) is 6.42 Å². The number of nitrogens with one attached hydrogen (secondary N) is 1. The van der Waals surface area contributed by atoms with Crippen LogP contribution in [0.2, 0.25) is 0 Å². The number of carbonyl (C=O) groups excluding carboxylic acids is 1. The normalized spacial score (nSPS) is 12.0. The van der Waals surface area contributed by atoms with Gasteiger partial charge in [-0.15, -0.1) is 0 Å². The maximum absolute atomic E-state index is 12.2. The van der Waals surface area contributed by atoms with Crippen LogP contribution in [-0.4, -0.2) is 43.4 Å². The van der Waals surface area contributed by atoms with Crippen molar-refractivity contribution in [3.05, 3.63) is 47.2 Å². The molecule has 3 aromatic rings. The predicted molar refractivity (Wildman–Crippen MR) is 117 cm³/mol. The number of aromatic nitrogens is 1. The molecule has 1 aromatic heterocycles. The van der Waals surface area contributed by atoms with Crippen LogP contribution in [0.25, 0.3) is 33.7 Å². The summed E-state index contributed by atoms with van der Waals surface area (Å²) in [6.07, 6.45) is 4.92. The summed E-state index contributed by atoms with van der Waals surface area (Å²) in [5.41, 5.74) is 5.58. The summed E-state index contributed by atoms with van der Waals surface area (Å²) < 4.78 is 16.4. The minimum atomic E-state index is -0.812. The first-order valence-corrected chi connectivity index (χ1v) is 9.90. The average molecular weight is 421 g/mol. The molecule has 31 heavy (non-hydrogen) atoms. The summed E-state index contributed by atoms with van der Waals surface area (Å²) in [6, 6.07) is 7.77. The largest absolute Gasteiger partial charge is 0.496 e. The zero-order chi connectivity index (χ0) is 22.1. The van der Waals surface area contributed by atoms with Gasteiger partial charge in [-0.3, -0.25) is 4.79 Å². The SMILES string of the molecule is COC(=O)C1=Cc2cc(OC)c(-c3cccc4[nH]cc(CCCC(=O)O)c34)c(OC)c21. The van der Waals surface area contributed by atoms with Gasteiger partial charge in [0.15, 0.2) is 0 Å². The second kappa shape index (κ2) is 8.18. The van der Waals surface area contributed by atoms with Gasteiger partial charge in [0.2, 0.25) is 0 Å². The number of carboxylic acid groups (broad SMARTS) is 1. The minimum Gasteiger partial charge on any atom is -0.496 e. The van der Waals surface area contributed by atoms with Crippen LogP contribution >= 0.6 is 0 Å². The van der Waals surface area contributed by atoms with Gasteiger partial charge in [0.05, 0.1) is 32.5 Å². The number of fused-ring (bicyclic) bond motifs is 2.